The summed E-state index contributed by atoms with van der Waals surface area (Å²) < 4.78 is 23.1. The van der Waals surface area contributed by atoms with Crippen LogP contribution in [0.3, 0.4) is 0 Å². The number of pyridine rings is 1. The van der Waals surface area contributed by atoms with Gasteiger partial charge in [-0.25, -0.2) is 13.4 Å². The molecule has 0 bridgehead atoms. The maximum atomic E-state index is 11.5. The van der Waals surface area contributed by atoms with Gasteiger partial charge in [0.2, 0.25) is 0 Å². The molecule has 116 valence electrons. The highest BCUT2D eigenvalue weighted by atomic mass is 35.5. The van der Waals surface area contributed by atoms with Crippen molar-refractivity contribution < 1.29 is 13.5 Å². The second-order valence-corrected chi connectivity index (χ2v) is 7.76. The number of aromatic nitrogens is 1. The summed E-state index contributed by atoms with van der Waals surface area (Å²) in [5.41, 5.74) is 1.97. The zero-order valence-corrected chi connectivity index (χ0v) is 13.5. The maximum Gasteiger partial charge on any atom is 0.177 e. The van der Waals surface area contributed by atoms with Gasteiger partial charge in [-0.2, -0.15) is 0 Å². The molecule has 0 atom stereocenters. The average Bonchev–Trinajstić information content (AvgIpc) is 2.46. The van der Waals surface area contributed by atoms with E-state index in [1.807, 2.05) is 11.0 Å². The van der Waals surface area contributed by atoms with E-state index in [0.717, 1.165) is 17.4 Å². The first kappa shape index (κ1) is 15.1. The Morgan fingerprint density at radius 3 is 2.82 bits per heavy atom. The standard InChI is InChI=1S/C15H15ClN2O3S/c1-22(20,21)11-7-13(16)15(17-8-11)18-6-5-12-10(9-18)3-2-4-14(12)19/h2-4,7-8,19H,5-6,9H2,1H3. The molecule has 1 aromatic heterocycles. The third-order valence-corrected chi connectivity index (χ3v) is 5.12. The molecule has 0 radical (unpaired) electrons. The smallest absolute Gasteiger partial charge is 0.177 e. The van der Waals surface area contributed by atoms with Crippen LogP contribution in [0.15, 0.2) is 35.4 Å². The van der Waals surface area contributed by atoms with E-state index in [1.165, 1.54) is 12.3 Å². The van der Waals surface area contributed by atoms with Gasteiger partial charge in [-0.05, 0) is 24.1 Å². The Bertz CT molecular complexity index is 837. The lowest BCUT2D eigenvalue weighted by atomic mass is 9.99. The summed E-state index contributed by atoms with van der Waals surface area (Å²) in [5.74, 6) is 0.867. The van der Waals surface area contributed by atoms with Gasteiger partial charge in [-0.15, -0.1) is 0 Å². The number of nitrogens with zero attached hydrogens (tertiary/aromatic N) is 2. The van der Waals surface area contributed by atoms with Crippen LogP contribution >= 0.6 is 11.6 Å². The first-order valence-corrected chi connectivity index (χ1v) is 9.03. The summed E-state index contributed by atoms with van der Waals surface area (Å²) in [6, 6.07) is 6.87. The van der Waals surface area contributed by atoms with Crippen LogP contribution < -0.4 is 4.90 Å². The summed E-state index contributed by atoms with van der Waals surface area (Å²) in [6.07, 6.45) is 3.14. The third-order valence-electron chi connectivity index (χ3n) is 3.77. The Kier molecular flexibility index (Phi) is 3.74. The highest BCUT2D eigenvalue weighted by Gasteiger charge is 2.22. The SMILES string of the molecule is CS(=O)(=O)c1cnc(N2CCc3c(O)cccc3C2)c(Cl)c1. The predicted octanol–water partition coefficient (Wildman–Crippen LogP) is 2.41. The molecule has 0 fully saturated rings. The average molecular weight is 339 g/mol. The van der Waals surface area contributed by atoms with Crippen LogP contribution in [0.4, 0.5) is 5.82 Å². The van der Waals surface area contributed by atoms with Crippen LogP contribution in [-0.2, 0) is 22.8 Å². The van der Waals surface area contributed by atoms with Gasteiger partial charge in [0.05, 0.1) is 9.92 Å². The Hall–Kier alpha value is -1.79. The molecule has 1 aliphatic heterocycles. The highest BCUT2D eigenvalue weighted by Crippen LogP contribution is 2.32. The van der Waals surface area contributed by atoms with Gasteiger partial charge in [0.1, 0.15) is 11.6 Å². The topological polar surface area (TPSA) is 70.5 Å². The molecule has 1 aromatic carbocycles. The molecule has 0 aliphatic carbocycles. The predicted molar refractivity (Wildman–Crippen MR) is 85.2 cm³/mol. The molecular formula is C15H15ClN2O3S. The van der Waals surface area contributed by atoms with E-state index in [0.29, 0.717) is 36.1 Å². The number of halogens is 1. The molecule has 0 saturated heterocycles. The van der Waals surface area contributed by atoms with Crippen LogP contribution in [-0.4, -0.2) is 31.3 Å². The second kappa shape index (κ2) is 5.44. The molecule has 2 heterocycles. The Balaban J connectivity index is 1.94. The minimum Gasteiger partial charge on any atom is -0.508 e. The number of hydrogen-bond donors (Lipinski definition) is 1. The van der Waals surface area contributed by atoms with E-state index in [4.69, 9.17) is 11.6 Å². The minimum absolute atomic E-state index is 0.108. The van der Waals surface area contributed by atoms with E-state index in [-0.39, 0.29) is 4.90 Å². The molecule has 0 amide bonds. The lowest BCUT2D eigenvalue weighted by Crippen LogP contribution is -2.31. The number of sulfone groups is 1. The van der Waals surface area contributed by atoms with Gasteiger partial charge in [0.25, 0.3) is 0 Å². The van der Waals surface area contributed by atoms with Gasteiger partial charge in [-0.1, -0.05) is 23.7 Å². The van der Waals surface area contributed by atoms with Crippen LogP contribution in [0.5, 0.6) is 5.75 Å². The third kappa shape index (κ3) is 2.76. The molecule has 2 aromatic rings. The lowest BCUT2D eigenvalue weighted by molar-refractivity contribution is 0.464. The molecule has 5 nitrogen and oxygen atoms in total. The number of phenols is 1. The summed E-state index contributed by atoms with van der Waals surface area (Å²) in [5, 5.41) is 10.2. The van der Waals surface area contributed by atoms with Crippen molar-refractivity contribution in [3.63, 3.8) is 0 Å². The fourth-order valence-electron chi connectivity index (χ4n) is 2.62. The zero-order valence-electron chi connectivity index (χ0n) is 12.0. The highest BCUT2D eigenvalue weighted by molar-refractivity contribution is 7.90. The molecular weight excluding hydrogens is 324 g/mol. The van der Waals surface area contributed by atoms with Crippen molar-refractivity contribution in [3.05, 3.63) is 46.6 Å². The first-order valence-electron chi connectivity index (χ1n) is 6.76. The van der Waals surface area contributed by atoms with E-state index in [1.54, 1.807) is 12.1 Å². The lowest BCUT2D eigenvalue weighted by Gasteiger charge is -2.30. The van der Waals surface area contributed by atoms with E-state index < -0.39 is 9.84 Å². The van der Waals surface area contributed by atoms with Crippen LogP contribution in [0, 0.1) is 0 Å². The minimum atomic E-state index is -3.33. The van der Waals surface area contributed by atoms with Crippen molar-refractivity contribution in [2.45, 2.75) is 17.9 Å². The van der Waals surface area contributed by atoms with Gasteiger partial charge in [0, 0.05) is 31.1 Å². The van der Waals surface area contributed by atoms with Gasteiger partial charge in [0.15, 0.2) is 9.84 Å². The molecule has 0 saturated carbocycles. The van der Waals surface area contributed by atoms with Crippen LogP contribution in [0.25, 0.3) is 0 Å². The molecule has 1 N–H and O–H groups in total. The van der Waals surface area contributed by atoms with Gasteiger partial charge in [-0.3, -0.25) is 0 Å². The van der Waals surface area contributed by atoms with Crippen molar-refractivity contribution in [3.8, 4) is 5.75 Å². The second-order valence-electron chi connectivity index (χ2n) is 5.33. The quantitative estimate of drug-likeness (QED) is 0.910. The van der Waals surface area contributed by atoms with Crippen molar-refractivity contribution in [1.82, 2.24) is 4.98 Å². The van der Waals surface area contributed by atoms with Gasteiger partial charge >= 0.3 is 0 Å². The van der Waals surface area contributed by atoms with Crippen LogP contribution in [0.2, 0.25) is 5.02 Å². The number of benzene rings is 1. The van der Waals surface area contributed by atoms with Crippen LogP contribution in [0.1, 0.15) is 11.1 Å². The molecule has 0 unspecified atom stereocenters. The normalized spacial score (nSPS) is 14.7. The van der Waals surface area contributed by atoms with Crippen molar-refractivity contribution >= 4 is 27.3 Å². The molecule has 7 heteroatoms. The monoisotopic (exact) mass is 338 g/mol. The Labute approximate surface area is 134 Å². The number of rotatable bonds is 2. The number of aromatic hydroxyl groups is 1. The fraction of sp³-hybridized carbons (Fsp3) is 0.267. The van der Waals surface area contributed by atoms with Crippen molar-refractivity contribution in [1.29, 1.82) is 0 Å². The van der Waals surface area contributed by atoms with Crippen molar-refractivity contribution in [2.75, 3.05) is 17.7 Å². The molecule has 3 rings (SSSR count). The number of hydrogen-bond acceptors (Lipinski definition) is 5. The molecule has 22 heavy (non-hydrogen) atoms. The Morgan fingerprint density at radius 2 is 2.14 bits per heavy atom. The van der Waals surface area contributed by atoms with E-state index >= 15 is 0 Å². The number of phenolic OH excluding ortho intramolecular Hbond substituents is 1. The summed E-state index contributed by atoms with van der Waals surface area (Å²) >= 11 is 6.21. The zero-order chi connectivity index (χ0) is 15.9. The van der Waals surface area contributed by atoms with E-state index in [9.17, 15) is 13.5 Å². The van der Waals surface area contributed by atoms with Gasteiger partial charge < -0.3 is 10.0 Å². The largest absolute Gasteiger partial charge is 0.508 e. The fourth-order valence-corrected chi connectivity index (χ4v) is 3.55. The molecule has 1 aliphatic rings. The Morgan fingerprint density at radius 1 is 1.36 bits per heavy atom. The van der Waals surface area contributed by atoms with Crippen molar-refractivity contribution in [2.24, 2.45) is 0 Å². The number of fused-ring (bicyclic) bond motifs is 1. The summed E-state index contributed by atoms with van der Waals surface area (Å²) in [6.45, 7) is 1.24. The number of anilines is 1. The first-order chi connectivity index (χ1) is 10.4. The summed E-state index contributed by atoms with van der Waals surface area (Å²) in [7, 11) is -3.33. The van der Waals surface area contributed by atoms with E-state index in [2.05, 4.69) is 4.98 Å². The maximum absolute atomic E-state index is 11.5. The summed E-state index contributed by atoms with van der Waals surface area (Å²) in [4.78, 5) is 6.31. The molecule has 0 spiro atoms.